The van der Waals surface area contributed by atoms with Gasteiger partial charge in [0.2, 0.25) is 5.82 Å². The predicted molar refractivity (Wildman–Crippen MR) is 84.5 cm³/mol. The lowest BCUT2D eigenvalue weighted by Gasteiger charge is -2.31. The van der Waals surface area contributed by atoms with E-state index >= 15 is 0 Å². The number of likely N-dealkylation sites (tertiary alicyclic amines) is 1. The molecule has 1 fully saturated rings. The van der Waals surface area contributed by atoms with Crippen molar-refractivity contribution in [3.63, 3.8) is 0 Å². The van der Waals surface area contributed by atoms with Gasteiger partial charge in [-0.05, 0) is 25.3 Å². The number of benzene rings is 1. The van der Waals surface area contributed by atoms with Crippen molar-refractivity contribution in [2.75, 3.05) is 38.1 Å². The highest BCUT2D eigenvalue weighted by atomic mass is 16.5. The van der Waals surface area contributed by atoms with Gasteiger partial charge in [0.25, 0.3) is 0 Å². The smallest absolute Gasteiger partial charge is 0.321 e. The van der Waals surface area contributed by atoms with Gasteiger partial charge in [0.1, 0.15) is 0 Å². The number of rotatable bonds is 6. The molecule has 3 rings (SSSR count). The Morgan fingerprint density at radius 3 is 3.00 bits per heavy atom. The summed E-state index contributed by atoms with van der Waals surface area (Å²) in [4.78, 5) is 6.71. The highest BCUT2D eigenvalue weighted by molar-refractivity contribution is 5.54. The molecule has 6 nitrogen and oxygen atoms in total. The van der Waals surface area contributed by atoms with Crippen LogP contribution < -0.4 is 5.32 Å². The minimum atomic E-state index is 0.286. The number of nitrogens with zero attached hydrogens (tertiary/aromatic N) is 3. The summed E-state index contributed by atoms with van der Waals surface area (Å²) in [6.45, 7) is 4.02. The zero-order chi connectivity index (χ0) is 15.2. The van der Waals surface area contributed by atoms with Crippen molar-refractivity contribution in [2.24, 2.45) is 5.92 Å². The van der Waals surface area contributed by atoms with E-state index < -0.39 is 0 Å². The first-order chi connectivity index (χ1) is 10.8. The van der Waals surface area contributed by atoms with Gasteiger partial charge in [-0.25, -0.2) is 0 Å². The number of nitrogens with one attached hydrogen (secondary N) is 1. The van der Waals surface area contributed by atoms with Crippen LogP contribution in [0.5, 0.6) is 0 Å². The van der Waals surface area contributed by atoms with Gasteiger partial charge < -0.3 is 19.8 Å². The Labute approximate surface area is 130 Å². The normalized spacial score (nSPS) is 19.2. The molecule has 1 saturated heterocycles. The quantitative estimate of drug-likeness (QED) is 0.848. The maximum absolute atomic E-state index is 9.25. The van der Waals surface area contributed by atoms with Gasteiger partial charge in [-0.2, -0.15) is 4.98 Å². The second-order valence-electron chi connectivity index (χ2n) is 5.71. The van der Waals surface area contributed by atoms with Crippen molar-refractivity contribution in [3.05, 3.63) is 30.3 Å². The largest absolute Gasteiger partial charge is 0.396 e. The van der Waals surface area contributed by atoms with Crippen LogP contribution in [0.1, 0.15) is 12.8 Å². The Morgan fingerprint density at radius 2 is 2.18 bits per heavy atom. The van der Waals surface area contributed by atoms with Crippen LogP contribution in [-0.4, -0.2) is 52.9 Å². The lowest BCUT2D eigenvalue weighted by atomic mass is 9.99. The fourth-order valence-corrected chi connectivity index (χ4v) is 2.82. The molecule has 1 aliphatic heterocycles. The molecule has 0 radical (unpaired) electrons. The van der Waals surface area contributed by atoms with E-state index in [1.165, 1.54) is 0 Å². The molecule has 0 amide bonds. The Morgan fingerprint density at radius 1 is 1.32 bits per heavy atom. The van der Waals surface area contributed by atoms with E-state index in [1.807, 2.05) is 30.3 Å². The standard InChI is InChI=1S/C16H22N4O2/c21-12-13-5-4-9-20(11-13)10-8-17-16-18-15(19-22-16)14-6-2-1-3-7-14/h1-3,6-7,13,21H,4-5,8-12H2,(H,17,18,19). The molecule has 1 aromatic heterocycles. The van der Waals surface area contributed by atoms with Gasteiger partial charge in [0.05, 0.1) is 0 Å². The summed E-state index contributed by atoms with van der Waals surface area (Å²) in [5, 5.41) is 16.4. The number of anilines is 1. The van der Waals surface area contributed by atoms with Crippen molar-refractivity contribution in [1.29, 1.82) is 0 Å². The third-order valence-corrected chi connectivity index (χ3v) is 4.02. The summed E-state index contributed by atoms with van der Waals surface area (Å²) in [6, 6.07) is 10.2. The van der Waals surface area contributed by atoms with Crippen LogP contribution in [0.15, 0.2) is 34.9 Å². The van der Waals surface area contributed by atoms with E-state index in [-0.39, 0.29) is 6.61 Å². The van der Waals surface area contributed by atoms with Crippen molar-refractivity contribution in [1.82, 2.24) is 15.0 Å². The molecule has 1 aliphatic rings. The number of hydrogen-bond donors (Lipinski definition) is 2. The molecule has 1 unspecified atom stereocenters. The zero-order valence-electron chi connectivity index (χ0n) is 12.6. The van der Waals surface area contributed by atoms with Crippen LogP contribution in [0.3, 0.4) is 0 Å². The van der Waals surface area contributed by atoms with Gasteiger partial charge in [0.15, 0.2) is 0 Å². The lowest BCUT2D eigenvalue weighted by molar-refractivity contribution is 0.123. The molecule has 1 atom stereocenters. The van der Waals surface area contributed by atoms with Gasteiger partial charge in [-0.15, -0.1) is 0 Å². The van der Waals surface area contributed by atoms with Gasteiger partial charge in [-0.1, -0.05) is 35.5 Å². The summed E-state index contributed by atoms with van der Waals surface area (Å²) < 4.78 is 5.22. The summed E-state index contributed by atoms with van der Waals surface area (Å²) in [5.74, 6) is 1.02. The van der Waals surface area contributed by atoms with Crippen molar-refractivity contribution in [3.8, 4) is 11.4 Å². The third-order valence-electron chi connectivity index (χ3n) is 4.02. The third kappa shape index (κ3) is 3.84. The summed E-state index contributed by atoms with van der Waals surface area (Å²) in [7, 11) is 0. The minimum Gasteiger partial charge on any atom is -0.396 e. The number of piperidine rings is 1. The maximum Gasteiger partial charge on any atom is 0.321 e. The molecule has 6 heteroatoms. The Bertz CT molecular complexity index is 573. The lowest BCUT2D eigenvalue weighted by Crippen LogP contribution is -2.39. The van der Waals surface area contributed by atoms with Gasteiger partial charge in [-0.3, -0.25) is 0 Å². The Kier molecular flexibility index (Phi) is 5.03. The topological polar surface area (TPSA) is 74.4 Å². The number of hydrogen-bond acceptors (Lipinski definition) is 6. The van der Waals surface area contributed by atoms with Crippen LogP contribution in [0.4, 0.5) is 6.01 Å². The monoisotopic (exact) mass is 302 g/mol. The van der Waals surface area contributed by atoms with E-state index in [0.29, 0.717) is 17.8 Å². The van der Waals surface area contributed by atoms with Crippen LogP contribution in [-0.2, 0) is 0 Å². The molecule has 0 aliphatic carbocycles. The van der Waals surface area contributed by atoms with Gasteiger partial charge in [0, 0.05) is 31.8 Å². The van der Waals surface area contributed by atoms with Crippen LogP contribution in [0, 0.1) is 5.92 Å². The molecular formula is C16H22N4O2. The van der Waals surface area contributed by atoms with Gasteiger partial charge >= 0.3 is 6.01 Å². The fourth-order valence-electron chi connectivity index (χ4n) is 2.82. The van der Waals surface area contributed by atoms with E-state index in [4.69, 9.17) is 4.52 Å². The molecular weight excluding hydrogens is 280 g/mol. The average Bonchev–Trinajstić information content (AvgIpc) is 3.05. The summed E-state index contributed by atoms with van der Waals surface area (Å²) >= 11 is 0. The van der Waals surface area contributed by atoms with Crippen LogP contribution >= 0.6 is 0 Å². The number of aromatic nitrogens is 2. The molecule has 0 bridgehead atoms. The number of aliphatic hydroxyl groups excluding tert-OH is 1. The second-order valence-corrected chi connectivity index (χ2v) is 5.71. The molecule has 1 aromatic carbocycles. The first-order valence-corrected chi connectivity index (χ1v) is 7.81. The summed E-state index contributed by atoms with van der Waals surface area (Å²) in [6.07, 6.45) is 2.29. The second kappa shape index (κ2) is 7.38. The maximum atomic E-state index is 9.25. The van der Waals surface area contributed by atoms with Crippen molar-refractivity contribution < 1.29 is 9.63 Å². The highest BCUT2D eigenvalue weighted by Crippen LogP contribution is 2.17. The van der Waals surface area contributed by atoms with E-state index in [1.54, 1.807) is 0 Å². The average molecular weight is 302 g/mol. The molecule has 2 heterocycles. The predicted octanol–water partition coefficient (Wildman–Crippen LogP) is 1.85. The Balaban J connectivity index is 1.47. The molecule has 118 valence electrons. The molecule has 2 aromatic rings. The molecule has 0 saturated carbocycles. The SMILES string of the molecule is OCC1CCCN(CCNc2nc(-c3ccccc3)no2)C1. The van der Waals surface area contributed by atoms with E-state index in [2.05, 4.69) is 20.4 Å². The van der Waals surface area contributed by atoms with Crippen LogP contribution in [0.25, 0.3) is 11.4 Å². The Hall–Kier alpha value is -1.92. The fraction of sp³-hybridized carbons (Fsp3) is 0.500. The zero-order valence-corrected chi connectivity index (χ0v) is 12.6. The first kappa shape index (κ1) is 15.0. The van der Waals surface area contributed by atoms with E-state index in [0.717, 1.165) is 44.6 Å². The molecule has 2 N–H and O–H groups in total. The molecule has 0 spiro atoms. The van der Waals surface area contributed by atoms with E-state index in [9.17, 15) is 5.11 Å². The van der Waals surface area contributed by atoms with Crippen LogP contribution in [0.2, 0.25) is 0 Å². The first-order valence-electron chi connectivity index (χ1n) is 7.81. The summed E-state index contributed by atoms with van der Waals surface area (Å²) in [5.41, 5.74) is 0.945. The van der Waals surface area contributed by atoms with Crippen molar-refractivity contribution in [2.45, 2.75) is 12.8 Å². The molecule has 22 heavy (non-hydrogen) atoms. The number of aliphatic hydroxyl groups is 1. The minimum absolute atomic E-state index is 0.286. The van der Waals surface area contributed by atoms with Crippen molar-refractivity contribution >= 4 is 6.01 Å². The highest BCUT2D eigenvalue weighted by Gasteiger charge is 2.18.